The lowest BCUT2D eigenvalue weighted by Gasteiger charge is -2.19. The molecule has 0 saturated carbocycles. The van der Waals surface area contributed by atoms with Crippen LogP contribution in [0.25, 0.3) is 10.7 Å². The van der Waals surface area contributed by atoms with Gasteiger partial charge in [0.1, 0.15) is 4.88 Å². The van der Waals surface area contributed by atoms with Gasteiger partial charge in [0.15, 0.2) is 5.82 Å². The van der Waals surface area contributed by atoms with E-state index in [1.807, 2.05) is 27.7 Å². The van der Waals surface area contributed by atoms with E-state index in [9.17, 15) is 4.79 Å². The molecular weight excluding hydrogens is 292 g/mol. The SMILES string of the molecule is CC(C)c1nnsc1-c1nnnn1C(CC(=O)O)C(C)C. The molecule has 0 saturated heterocycles. The molecule has 0 radical (unpaired) electrons. The van der Waals surface area contributed by atoms with Crippen molar-refractivity contribution in [3.05, 3.63) is 5.69 Å². The summed E-state index contributed by atoms with van der Waals surface area (Å²) < 4.78 is 5.56. The molecule has 1 N–H and O–H groups in total. The van der Waals surface area contributed by atoms with Crippen LogP contribution in [0.4, 0.5) is 0 Å². The number of tetrazole rings is 1. The molecule has 0 bridgehead atoms. The van der Waals surface area contributed by atoms with E-state index in [2.05, 4.69) is 25.1 Å². The fourth-order valence-corrected chi connectivity index (χ4v) is 2.88. The van der Waals surface area contributed by atoms with Gasteiger partial charge in [0.2, 0.25) is 0 Å². The molecule has 2 aromatic rings. The number of nitrogens with zero attached hydrogens (tertiary/aromatic N) is 6. The van der Waals surface area contributed by atoms with Crippen molar-refractivity contribution < 1.29 is 9.90 Å². The van der Waals surface area contributed by atoms with Gasteiger partial charge in [-0.1, -0.05) is 32.2 Å². The van der Waals surface area contributed by atoms with Crippen LogP contribution >= 0.6 is 11.5 Å². The quantitative estimate of drug-likeness (QED) is 0.869. The zero-order valence-electron chi connectivity index (χ0n) is 12.4. The molecule has 21 heavy (non-hydrogen) atoms. The van der Waals surface area contributed by atoms with Crippen LogP contribution in [-0.2, 0) is 4.79 Å². The lowest BCUT2D eigenvalue weighted by Crippen LogP contribution is -2.21. The van der Waals surface area contributed by atoms with E-state index < -0.39 is 5.97 Å². The highest BCUT2D eigenvalue weighted by atomic mass is 32.1. The van der Waals surface area contributed by atoms with Gasteiger partial charge in [-0.25, -0.2) is 4.68 Å². The largest absolute Gasteiger partial charge is 0.481 e. The molecule has 1 unspecified atom stereocenters. The Labute approximate surface area is 126 Å². The van der Waals surface area contributed by atoms with Crippen molar-refractivity contribution in [3.63, 3.8) is 0 Å². The summed E-state index contributed by atoms with van der Waals surface area (Å²) in [6.45, 7) is 7.94. The van der Waals surface area contributed by atoms with Crippen LogP contribution in [-0.4, -0.2) is 40.9 Å². The predicted octanol–water partition coefficient (Wildman–Crippen LogP) is 1.99. The summed E-state index contributed by atoms with van der Waals surface area (Å²) in [6.07, 6.45) is -0.0288. The Kier molecular flexibility index (Phi) is 4.61. The molecule has 9 heteroatoms. The monoisotopic (exact) mass is 310 g/mol. The first kappa shape index (κ1) is 15.5. The fraction of sp³-hybridized carbons (Fsp3) is 0.667. The molecule has 0 spiro atoms. The maximum atomic E-state index is 11.1. The lowest BCUT2D eigenvalue weighted by molar-refractivity contribution is -0.138. The molecule has 8 nitrogen and oxygen atoms in total. The summed E-state index contributed by atoms with van der Waals surface area (Å²) >= 11 is 1.23. The van der Waals surface area contributed by atoms with Gasteiger partial charge in [0.25, 0.3) is 0 Å². The van der Waals surface area contributed by atoms with Crippen LogP contribution in [0.3, 0.4) is 0 Å². The topological polar surface area (TPSA) is 107 Å². The first-order valence-electron chi connectivity index (χ1n) is 6.74. The molecule has 0 aliphatic heterocycles. The van der Waals surface area contributed by atoms with Crippen LogP contribution in [0.15, 0.2) is 0 Å². The Bertz CT molecular complexity index is 621. The number of carbonyl (C=O) groups is 1. The Balaban J connectivity index is 2.46. The molecule has 2 aromatic heterocycles. The van der Waals surface area contributed by atoms with E-state index in [1.54, 1.807) is 4.68 Å². The minimum absolute atomic E-state index is 0.0288. The van der Waals surface area contributed by atoms with Crippen molar-refractivity contribution in [2.75, 3.05) is 0 Å². The Hall–Kier alpha value is -1.90. The van der Waals surface area contributed by atoms with Gasteiger partial charge in [-0.2, -0.15) is 0 Å². The number of aliphatic carboxylic acids is 1. The molecule has 114 valence electrons. The third kappa shape index (κ3) is 3.23. The maximum Gasteiger partial charge on any atom is 0.305 e. The van der Waals surface area contributed by atoms with Gasteiger partial charge in [0.05, 0.1) is 18.2 Å². The van der Waals surface area contributed by atoms with E-state index >= 15 is 0 Å². The average molecular weight is 310 g/mol. The van der Waals surface area contributed by atoms with Crippen LogP contribution in [0.2, 0.25) is 0 Å². The molecule has 0 fully saturated rings. The summed E-state index contributed by atoms with van der Waals surface area (Å²) in [5, 5.41) is 25.0. The van der Waals surface area contributed by atoms with Gasteiger partial charge in [-0.3, -0.25) is 4.79 Å². The third-order valence-corrected chi connectivity index (χ3v) is 3.96. The van der Waals surface area contributed by atoms with Gasteiger partial charge in [0, 0.05) is 0 Å². The van der Waals surface area contributed by atoms with Crippen molar-refractivity contribution in [3.8, 4) is 10.7 Å². The number of hydrogen-bond acceptors (Lipinski definition) is 7. The van der Waals surface area contributed by atoms with Gasteiger partial charge < -0.3 is 5.11 Å². The van der Waals surface area contributed by atoms with Crippen molar-refractivity contribution >= 4 is 17.5 Å². The zero-order valence-corrected chi connectivity index (χ0v) is 13.2. The summed E-state index contributed by atoms with van der Waals surface area (Å²) in [5.74, 6) is -0.0529. The fourth-order valence-electron chi connectivity index (χ4n) is 2.08. The van der Waals surface area contributed by atoms with Crippen molar-refractivity contribution in [2.24, 2.45) is 5.92 Å². The minimum atomic E-state index is -0.873. The van der Waals surface area contributed by atoms with Gasteiger partial charge in [-0.05, 0) is 33.8 Å². The molecule has 1 atom stereocenters. The molecule has 2 rings (SSSR count). The molecule has 2 heterocycles. The number of rotatable bonds is 6. The van der Waals surface area contributed by atoms with Crippen LogP contribution in [0.1, 0.15) is 51.8 Å². The third-order valence-electron chi connectivity index (χ3n) is 3.22. The normalized spacial score (nSPS) is 13.0. The number of hydrogen-bond donors (Lipinski definition) is 1. The van der Waals surface area contributed by atoms with Gasteiger partial charge >= 0.3 is 5.97 Å². The standard InChI is InChI=1S/C12H18N6O2S/c1-6(2)8(5-9(19)20)18-12(14-15-16-18)11-10(7(3)4)13-17-21-11/h6-8H,5H2,1-4H3,(H,19,20). The van der Waals surface area contributed by atoms with E-state index in [-0.39, 0.29) is 24.3 Å². The first-order chi connectivity index (χ1) is 9.91. The molecule has 0 aliphatic carbocycles. The number of carboxylic acids is 1. The Morgan fingerprint density at radius 2 is 2.00 bits per heavy atom. The van der Waals surface area contributed by atoms with E-state index in [0.29, 0.717) is 5.82 Å². The summed E-state index contributed by atoms with van der Waals surface area (Å²) in [6, 6.07) is -0.311. The molecule has 0 aliphatic rings. The summed E-state index contributed by atoms with van der Waals surface area (Å²) in [5.41, 5.74) is 0.828. The zero-order chi connectivity index (χ0) is 15.6. The highest BCUT2D eigenvalue weighted by molar-refractivity contribution is 7.09. The highest BCUT2D eigenvalue weighted by Crippen LogP contribution is 2.32. The number of aromatic nitrogens is 6. The van der Waals surface area contributed by atoms with Crippen LogP contribution in [0.5, 0.6) is 0 Å². The van der Waals surface area contributed by atoms with Crippen molar-refractivity contribution in [1.29, 1.82) is 0 Å². The maximum absolute atomic E-state index is 11.1. The molecule has 0 aromatic carbocycles. The second kappa shape index (κ2) is 6.25. The second-order valence-corrected chi connectivity index (χ2v) is 6.25. The smallest absolute Gasteiger partial charge is 0.305 e. The molecule has 0 amide bonds. The summed E-state index contributed by atoms with van der Waals surface area (Å²) in [7, 11) is 0. The number of carboxylic acid groups (broad SMARTS) is 1. The van der Waals surface area contributed by atoms with E-state index in [4.69, 9.17) is 5.11 Å². The first-order valence-corrected chi connectivity index (χ1v) is 7.51. The summed E-state index contributed by atoms with van der Waals surface area (Å²) in [4.78, 5) is 11.9. The lowest BCUT2D eigenvalue weighted by atomic mass is 10.0. The van der Waals surface area contributed by atoms with E-state index in [0.717, 1.165) is 10.6 Å². The Morgan fingerprint density at radius 1 is 1.29 bits per heavy atom. The molecular formula is C12H18N6O2S. The van der Waals surface area contributed by atoms with Crippen molar-refractivity contribution in [1.82, 2.24) is 29.8 Å². The Morgan fingerprint density at radius 3 is 2.57 bits per heavy atom. The van der Waals surface area contributed by atoms with Crippen molar-refractivity contribution in [2.45, 2.75) is 46.1 Å². The van der Waals surface area contributed by atoms with E-state index in [1.165, 1.54) is 11.5 Å². The minimum Gasteiger partial charge on any atom is -0.481 e. The predicted molar refractivity (Wildman–Crippen MR) is 76.9 cm³/mol. The average Bonchev–Trinajstić information content (AvgIpc) is 3.03. The van der Waals surface area contributed by atoms with Crippen LogP contribution in [0, 0.1) is 5.92 Å². The van der Waals surface area contributed by atoms with Crippen LogP contribution < -0.4 is 0 Å². The second-order valence-electron chi connectivity index (χ2n) is 5.50. The highest BCUT2D eigenvalue weighted by Gasteiger charge is 2.27. The van der Waals surface area contributed by atoms with Gasteiger partial charge in [-0.15, -0.1) is 10.2 Å².